The average Bonchev–Trinajstić information content (AvgIpc) is 2.75. The molecule has 1 fully saturated rings. The molecule has 1 amide bonds. The zero-order chi connectivity index (χ0) is 11.5. The predicted octanol–water partition coefficient (Wildman–Crippen LogP) is 2.45. The fraction of sp³-hybridized carbons (Fsp3) is 0.364. The second kappa shape index (κ2) is 4.80. The van der Waals surface area contributed by atoms with E-state index in [1.54, 1.807) is 0 Å². The molecule has 2 rings (SSSR count). The summed E-state index contributed by atoms with van der Waals surface area (Å²) in [6, 6.07) is 3.88. The van der Waals surface area contributed by atoms with Gasteiger partial charge in [-0.3, -0.25) is 4.79 Å². The van der Waals surface area contributed by atoms with Gasteiger partial charge in [-0.05, 0) is 24.6 Å². The molecule has 1 N–H and O–H groups in total. The topological polar surface area (TPSA) is 38.3 Å². The Bertz CT molecular complexity index is 405. The van der Waals surface area contributed by atoms with Gasteiger partial charge >= 0.3 is 0 Å². The summed E-state index contributed by atoms with van der Waals surface area (Å²) >= 11 is 5.79. The van der Waals surface area contributed by atoms with Crippen LogP contribution in [0.25, 0.3) is 0 Å². The van der Waals surface area contributed by atoms with Crippen LogP contribution in [-0.4, -0.2) is 19.1 Å². The fourth-order valence-corrected chi connectivity index (χ4v) is 1.78. The smallest absolute Gasteiger partial charge is 0.229 e. The van der Waals surface area contributed by atoms with Crippen LogP contribution in [0.15, 0.2) is 18.2 Å². The zero-order valence-corrected chi connectivity index (χ0v) is 9.26. The summed E-state index contributed by atoms with van der Waals surface area (Å²) in [5, 5.41) is 2.86. The number of rotatable bonds is 2. The molecule has 5 heteroatoms. The minimum Gasteiger partial charge on any atom is -0.381 e. The van der Waals surface area contributed by atoms with Crippen LogP contribution >= 0.6 is 11.6 Å². The average molecular weight is 244 g/mol. The Morgan fingerprint density at radius 3 is 3.00 bits per heavy atom. The highest BCUT2D eigenvalue weighted by Gasteiger charge is 2.23. The van der Waals surface area contributed by atoms with Gasteiger partial charge in [-0.25, -0.2) is 4.39 Å². The summed E-state index contributed by atoms with van der Waals surface area (Å²) in [7, 11) is 0. The second-order valence-electron chi connectivity index (χ2n) is 3.67. The number of benzene rings is 1. The maximum Gasteiger partial charge on any atom is 0.229 e. The third kappa shape index (κ3) is 2.51. The third-order valence-electron chi connectivity index (χ3n) is 2.49. The summed E-state index contributed by atoms with van der Waals surface area (Å²) in [6.07, 6.45) is 0.713. The van der Waals surface area contributed by atoms with Crippen molar-refractivity contribution >= 4 is 23.2 Å². The Labute approximate surface area is 97.5 Å². The maximum atomic E-state index is 12.8. The summed E-state index contributed by atoms with van der Waals surface area (Å²) in [5.74, 6) is -0.695. The molecule has 1 aromatic carbocycles. The standard InChI is InChI=1S/C11H11ClFNO2/c12-9-5-8(13)1-2-10(9)14-11(15)7-3-4-16-6-7/h1-2,5,7H,3-4,6H2,(H,14,15). The number of amides is 1. The van der Waals surface area contributed by atoms with Crippen LogP contribution in [0.3, 0.4) is 0 Å². The molecular weight excluding hydrogens is 233 g/mol. The minimum atomic E-state index is -0.424. The number of carbonyl (C=O) groups excluding carboxylic acids is 1. The highest BCUT2D eigenvalue weighted by Crippen LogP contribution is 2.24. The lowest BCUT2D eigenvalue weighted by atomic mass is 10.1. The van der Waals surface area contributed by atoms with E-state index in [1.165, 1.54) is 18.2 Å². The van der Waals surface area contributed by atoms with Crippen molar-refractivity contribution in [2.75, 3.05) is 18.5 Å². The largest absolute Gasteiger partial charge is 0.381 e. The van der Waals surface area contributed by atoms with Crippen molar-refractivity contribution in [3.05, 3.63) is 29.0 Å². The summed E-state index contributed by atoms with van der Waals surface area (Å²) < 4.78 is 17.9. The molecule has 86 valence electrons. The number of ether oxygens (including phenoxy) is 1. The van der Waals surface area contributed by atoms with E-state index in [4.69, 9.17) is 16.3 Å². The third-order valence-corrected chi connectivity index (χ3v) is 2.80. The van der Waals surface area contributed by atoms with Gasteiger partial charge in [0, 0.05) is 6.61 Å². The molecule has 0 spiro atoms. The highest BCUT2D eigenvalue weighted by atomic mass is 35.5. The van der Waals surface area contributed by atoms with Gasteiger partial charge in [-0.1, -0.05) is 11.6 Å². The van der Waals surface area contributed by atoms with Crippen molar-refractivity contribution in [1.82, 2.24) is 0 Å². The molecule has 1 heterocycles. The zero-order valence-electron chi connectivity index (χ0n) is 8.50. The summed E-state index contributed by atoms with van der Waals surface area (Å²) in [6.45, 7) is 1.04. The minimum absolute atomic E-state index is 0.133. The number of hydrogen-bond donors (Lipinski definition) is 1. The monoisotopic (exact) mass is 243 g/mol. The normalized spacial score (nSPS) is 19.8. The van der Waals surface area contributed by atoms with Crippen LogP contribution in [0.5, 0.6) is 0 Å². The molecule has 0 bridgehead atoms. The quantitative estimate of drug-likeness (QED) is 0.867. The van der Waals surface area contributed by atoms with Gasteiger partial charge in [0.05, 0.1) is 23.2 Å². The van der Waals surface area contributed by atoms with E-state index in [2.05, 4.69) is 5.32 Å². The molecule has 1 saturated heterocycles. The molecule has 16 heavy (non-hydrogen) atoms. The number of hydrogen-bond acceptors (Lipinski definition) is 2. The van der Waals surface area contributed by atoms with E-state index < -0.39 is 5.82 Å². The molecule has 1 aliphatic rings. The van der Waals surface area contributed by atoms with Gasteiger partial charge < -0.3 is 10.1 Å². The Balaban J connectivity index is 2.05. The van der Waals surface area contributed by atoms with Gasteiger partial charge in [-0.2, -0.15) is 0 Å². The molecule has 0 saturated carbocycles. The van der Waals surface area contributed by atoms with E-state index in [9.17, 15) is 9.18 Å². The lowest BCUT2D eigenvalue weighted by Gasteiger charge is -2.10. The Morgan fingerprint density at radius 1 is 1.56 bits per heavy atom. The van der Waals surface area contributed by atoms with Crippen LogP contribution in [0.1, 0.15) is 6.42 Å². The lowest BCUT2D eigenvalue weighted by Crippen LogP contribution is -2.22. The molecular formula is C11H11ClFNO2. The van der Waals surface area contributed by atoms with Crippen LogP contribution in [0.4, 0.5) is 10.1 Å². The van der Waals surface area contributed by atoms with Crippen LogP contribution in [0, 0.1) is 11.7 Å². The second-order valence-corrected chi connectivity index (χ2v) is 4.08. The van der Waals surface area contributed by atoms with Gasteiger partial charge in [-0.15, -0.1) is 0 Å². The van der Waals surface area contributed by atoms with E-state index in [0.717, 1.165) is 0 Å². The van der Waals surface area contributed by atoms with E-state index in [1.807, 2.05) is 0 Å². The van der Waals surface area contributed by atoms with Crippen LogP contribution in [0.2, 0.25) is 5.02 Å². The molecule has 1 aliphatic heterocycles. The van der Waals surface area contributed by atoms with E-state index in [0.29, 0.717) is 25.3 Å². The van der Waals surface area contributed by atoms with Gasteiger partial charge in [0.2, 0.25) is 5.91 Å². The van der Waals surface area contributed by atoms with Crippen molar-refractivity contribution < 1.29 is 13.9 Å². The van der Waals surface area contributed by atoms with Crippen molar-refractivity contribution in [3.63, 3.8) is 0 Å². The van der Waals surface area contributed by atoms with Gasteiger partial charge in [0.15, 0.2) is 0 Å². The predicted molar refractivity (Wildman–Crippen MR) is 59.0 cm³/mol. The number of halogens is 2. The van der Waals surface area contributed by atoms with Crippen molar-refractivity contribution in [3.8, 4) is 0 Å². The number of anilines is 1. The number of nitrogens with one attached hydrogen (secondary N) is 1. The van der Waals surface area contributed by atoms with E-state index in [-0.39, 0.29) is 16.8 Å². The van der Waals surface area contributed by atoms with Crippen LogP contribution in [-0.2, 0) is 9.53 Å². The maximum absolute atomic E-state index is 12.8. The lowest BCUT2D eigenvalue weighted by molar-refractivity contribution is -0.119. The molecule has 3 nitrogen and oxygen atoms in total. The summed E-state index contributed by atoms with van der Waals surface area (Å²) in [4.78, 5) is 11.7. The molecule has 0 aliphatic carbocycles. The van der Waals surface area contributed by atoms with Gasteiger partial charge in [0.25, 0.3) is 0 Å². The highest BCUT2D eigenvalue weighted by molar-refractivity contribution is 6.33. The Hall–Kier alpha value is -1.13. The first-order valence-electron chi connectivity index (χ1n) is 5.00. The molecule has 1 aromatic rings. The molecule has 1 unspecified atom stereocenters. The molecule has 0 radical (unpaired) electrons. The Morgan fingerprint density at radius 2 is 2.38 bits per heavy atom. The molecule has 0 aromatic heterocycles. The number of carbonyl (C=O) groups is 1. The first kappa shape index (κ1) is 11.4. The molecule has 1 atom stereocenters. The van der Waals surface area contributed by atoms with Crippen molar-refractivity contribution in [1.29, 1.82) is 0 Å². The van der Waals surface area contributed by atoms with Crippen LogP contribution < -0.4 is 5.32 Å². The first-order chi connectivity index (χ1) is 7.66. The summed E-state index contributed by atoms with van der Waals surface area (Å²) in [5.41, 5.74) is 0.431. The van der Waals surface area contributed by atoms with Crippen molar-refractivity contribution in [2.45, 2.75) is 6.42 Å². The fourth-order valence-electron chi connectivity index (χ4n) is 1.57. The first-order valence-corrected chi connectivity index (χ1v) is 5.38. The van der Waals surface area contributed by atoms with Crippen molar-refractivity contribution in [2.24, 2.45) is 5.92 Å². The Kier molecular flexibility index (Phi) is 3.41. The van der Waals surface area contributed by atoms with E-state index >= 15 is 0 Å². The van der Waals surface area contributed by atoms with Gasteiger partial charge in [0.1, 0.15) is 5.82 Å². The SMILES string of the molecule is O=C(Nc1ccc(F)cc1Cl)C1CCOC1.